The van der Waals surface area contributed by atoms with E-state index in [1.807, 2.05) is 0 Å². The molecule has 3 rings (SSSR count). The third kappa shape index (κ3) is 5.50. The number of amides is 1. The lowest BCUT2D eigenvalue weighted by molar-refractivity contribution is -0.386. The number of benzene rings is 2. The SMILES string of the molecule is Cc1ccc(OCc2ccc(C(=O)N/N=C\c3ccc([N+](=O)[O-])cc3)o2)c([N+](=O)[O-])c1. The Hall–Kier alpha value is -4.54. The number of aryl methyl sites for hydroxylation is 1. The Kier molecular flexibility index (Phi) is 6.36. The molecule has 0 atom stereocenters. The third-order valence-electron chi connectivity index (χ3n) is 4.05. The molecule has 11 heteroatoms. The summed E-state index contributed by atoms with van der Waals surface area (Å²) < 4.78 is 10.8. The Morgan fingerprint density at radius 3 is 2.52 bits per heavy atom. The van der Waals surface area contributed by atoms with Crippen molar-refractivity contribution in [2.75, 3.05) is 0 Å². The van der Waals surface area contributed by atoms with E-state index in [1.54, 1.807) is 13.0 Å². The van der Waals surface area contributed by atoms with Gasteiger partial charge in [-0.2, -0.15) is 5.10 Å². The zero-order chi connectivity index (χ0) is 22.4. The molecule has 0 aliphatic rings. The van der Waals surface area contributed by atoms with Gasteiger partial charge < -0.3 is 9.15 Å². The first-order valence-electron chi connectivity index (χ1n) is 8.88. The van der Waals surface area contributed by atoms with E-state index in [-0.39, 0.29) is 29.5 Å². The maximum Gasteiger partial charge on any atom is 0.311 e. The van der Waals surface area contributed by atoms with E-state index in [9.17, 15) is 25.0 Å². The number of nitro benzene ring substituents is 2. The molecular formula is C20H16N4O7. The molecule has 0 unspecified atom stereocenters. The van der Waals surface area contributed by atoms with Crippen molar-refractivity contribution in [3.05, 3.63) is 97.5 Å². The van der Waals surface area contributed by atoms with Gasteiger partial charge in [0.2, 0.25) is 0 Å². The van der Waals surface area contributed by atoms with Crippen molar-refractivity contribution in [1.29, 1.82) is 0 Å². The molecule has 0 radical (unpaired) electrons. The van der Waals surface area contributed by atoms with Crippen LogP contribution in [0.3, 0.4) is 0 Å². The van der Waals surface area contributed by atoms with Crippen molar-refractivity contribution >= 4 is 23.5 Å². The smallest absolute Gasteiger partial charge is 0.311 e. The monoisotopic (exact) mass is 424 g/mol. The average Bonchev–Trinajstić information content (AvgIpc) is 3.22. The van der Waals surface area contributed by atoms with Gasteiger partial charge in [0.1, 0.15) is 12.4 Å². The van der Waals surface area contributed by atoms with E-state index < -0.39 is 15.8 Å². The van der Waals surface area contributed by atoms with Crippen LogP contribution < -0.4 is 10.2 Å². The summed E-state index contributed by atoms with van der Waals surface area (Å²) in [7, 11) is 0. The molecule has 0 saturated heterocycles. The van der Waals surface area contributed by atoms with E-state index in [1.165, 1.54) is 54.7 Å². The Bertz CT molecular complexity index is 1150. The fraction of sp³-hybridized carbons (Fsp3) is 0.100. The Morgan fingerprint density at radius 1 is 1.10 bits per heavy atom. The lowest BCUT2D eigenvalue weighted by Gasteiger charge is -2.05. The summed E-state index contributed by atoms with van der Waals surface area (Å²) in [5.74, 6) is -0.270. The van der Waals surface area contributed by atoms with Gasteiger partial charge in [-0.3, -0.25) is 25.0 Å². The standard InChI is InChI=1S/C20H16N4O7/c1-13-2-8-18(17(10-13)24(28)29)30-12-16-7-9-19(31-16)20(25)22-21-11-14-3-5-15(6-4-14)23(26)27/h2-11H,12H2,1H3,(H,22,25)/b21-11-. The quantitative estimate of drug-likeness (QED) is 0.328. The summed E-state index contributed by atoms with van der Waals surface area (Å²) in [5.41, 5.74) is 3.34. The number of rotatable bonds is 8. The molecule has 11 nitrogen and oxygen atoms in total. The van der Waals surface area contributed by atoms with Gasteiger partial charge in [0.25, 0.3) is 5.69 Å². The molecule has 0 fully saturated rings. The van der Waals surface area contributed by atoms with Crippen LogP contribution in [0.15, 0.2) is 64.1 Å². The van der Waals surface area contributed by atoms with Gasteiger partial charge in [0.05, 0.1) is 16.1 Å². The summed E-state index contributed by atoms with van der Waals surface area (Å²) in [4.78, 5) is 32.8. The first-order chi connectivity index (χ1) is 14.8. The van der Waals surface area contributed by atoms with Crippen molar-refractivity contribution in [2.45, 2.75) is 13.5 Å². The molecule has 1 amide bonds. The van der Waals surface area contributed by atoms with Crippen LogP contribution in [-0.4, -0.2) is 22.0 Å². The van der Waals surface area contributed by atoms with Crippen LogP contribution in [0.25, 0.3) is 0 Å². The molecule has 1 heterocycles. The highest BCUT2D eigenvalue weighted by atomic mass is 16.6. The predicted octanol–water partition coefficient (Wildman–Crippen LogP) is 3.75. The minimum atomic E-state index is -0.620. The first kappa shape index (κ1) is 21.2. The van der Waals surface area contributed by atoms with Crippen molar-refractivity contribution in [2.24, 2.45) is 5.10 Å². The van der Waals surface area contributed by atoms with Gasteiger partial charge in [0, 0.05) is 18.2 Å². The molecule has 0 aliphatic carbocycles. The number of hydrogen-bond donors (Lipinski definition) is 1. The van der Waals surface area contributed by atoms with Gasteiger partial charge in [0.15, 0.2) is 11.5 Å². The summed E-state index contributed by atoms with van der Waals surface area (Å²) in [6, 6.07) is 13.1. The molecule has 1 aromatic heterocycles. The minimum Gasteiger partial charge on any atom is -0.479 e. The number of nitrogens with one attached hydrogen (secondary N) is 1. The molecule has 0 spiro atoms. The predicted molar refractivity (Wildman–Crippen MR) is 109 cm³/mol. The van der Waals surface area contributed by atoms with Crippen LogP contribution in [0.5, 0.6) is 5.75 Å². The molecule has 0 bridgehead atoms. The highest BCUT2D eigenvalue weighted by Gasteiger charge is 2.16. The number of ether oxygens (including phenoxy) is 1. The number of carbonyl (C=O) groups is 1. The van der Waals surface area contributed by atoms with Gasteiger partial charge >= 0.3 is 11.6 Å². The fourth-order valence-corrected chi connectivity index (χ4v) is 2.52. The van der Waals surface area contributed by atoms with E-state index >= 15 is 0 Å². The van der Waals surface area contributed by atoms with Crippen LogP contribution in [0.1, 0.15) is 27.4 Å². The number of furan rings is 1. The van der Waals surface area contributed by atoms with Crippen LogP contribution in [0, 0.1) is 27.2 Å². The first-order valence-corrected chi connectivity index (χ1v) is 8.88. The molecule has 1 N–H and O–H groups in total. The number of non-ortho nitro benzene ring substituents is 1. The fourth-order valence-electron chi connectivity index (χ4n) is 2.52. The largest absolute Gasteiger partial charge is 0.479 e. The van der Waals surface area contributed by atoms with E-state index in [2.05, 4.69) is 10.5 Å². The zero-order valence-corrected chi connectivity index (χ0v) is 16.2. The van der Waals surface area contributed by atoms with E-state index in [4.69, 9.17) is 9.15 Å². The van der Waals surface area contributed by atoms with Crippen molar-refractivity contribution < 1.29 is 23.8 Å². The molecule has 0 saturated carbocycles. The second-order valence-corrected chi connectivity index (χ2v) is 6.33. The topological polar surface area (TPSA) is 150 Å². The summed E-state index contributed by atoms with van der Waals surface area (Å²) in [6.07, 6.45) is 1.32. The molecule has 158 valence electrons. The lowest BCUT2D eigenvalue weighted by atomic mass is 10.2. The Balaban J connectivity index is 1.57. The van der Waals surface area contributed by atoms with Gasteiger partial charge in [-0.05, 0) is 48.4 Å². The average molecular weight is 424 g/mol. The minimum absolute atomic E-state index is 0.0298. The van der Waals surface area contributed by atoms with E-state index in [0.29, 0.717) is 11.3 Å². The number of hydrazone groups is 1. The molecule has 3 aromatic rings. The Morgan fingerprint density at radius 2 is 1.84 bits per heavy atom. The van der Waals surface area contributed by atoms with Crippen molar-refractivity contribution in [1.82, 2.24) is 5.43 Å². The molecule has 0 aliphatic heterocycles. The highest BCUT2D eigenvalue weighted by Crippen LogP contribution is 2.28. The summed E-state index contributed by atoms with van der Waals surface area (Å²) >= 11 is 0. The molecular weight excluding hydrogens is 408 g/mol. The second kappa shape index (κ2) is 9.31. The second-order valence-electron chi connectivity index (χ2n) is 6.33. The number of nitrogens with zero attached hydrogens (tertiary/aromatic N) is 3. The van der Waals surface area contributed by atoms with Crippen LogP contribution in [-0.2, 0) is 6.61 Å². The van der Waals surface area contributed by atoms with Gasteiger partial charge in [-0.25, -0.2) is 5.43 Å². The third-order valence-corrected chi connectivity index (χ3v) is 4.05. The van der Waals surface area contributed by atoms with Gasteiger partial charge in [-0.1, -0.05) is 6.07 Å². The highest BCUT2D eigenvalue weighted by molar-refractivity contribution is 5.92. The van der Waals surface area contributed by atoms with Crippen LogP contribution in [0.4, 0.5) is 11.4 Å². The normalized spacial score (nSPS) is 10.7. The number of hydrogen-bond acceptors (Lipinski definition) is 8. The zero-order valence-electron chi connectivity index (χ0n) is 16.2. The van der Waals surface area contributed by atoms with Crippen LogP contribution >= 0.6 is 0 Å². The maximum absolute atomic E-state index is 12.1. The van der Waals surface area contributed by atoms with Crippen LogP contribution in [0.2, 0.25) is 0 Å². The molecule has 2 aromatic carbocycles. The lowest BCUT2D eigenvalue weighted by Crippen LogP contribution is -2.16. The summed E-state index contributed by atoms with van der Waals surface area (Å²) in [6.45, 7) is 1.63. The molecule has 31 heavy (non-hydrogen) atoms. The van der Waals surface area contributed by atoms with Gasteiger partial charge in [-0.15, -0.1) is 0 Å². The number of nitro groups is 2. The van der Waals surface area contributed by atoms with Crippen molar-refractivity contribution in [3.63, 3.8) is 0 Å². The Labute approximate surface area is 175 Å². The van der Waals surface area contributed by atoms with Crippen molar-refractivity contribution in [3.8, 4) is 5.75 Å². The maximum atomic E-state index is 12.1. The van der Waals surface area contributed by atoms with E-state index in [0.717, 1.165) is 5.56 Å². The number of carbonyl (C=O) groups excluding carboxylic acids is 1. The summed E-state index contributed by atoms with van der Waals surface area (Å²) in [5, 5.41) is 25.5.